The molecule has 0 aliphatic heterocycles. The summed E-state index contributed by atoms with van der Waals surface area (Å²) < 4.78 is 27.6. The molecule has 1 unspecified atom stereocenters. The lowest BCUT2D eigenvalue weighted by Gasteiger charge is -2.19. The van der Waals surface area contributed by atoms with E-state index in [-0.39, 0.29) is 11.6 Å². The maximum absolute atomic E-state index is 13.8. The Balaban J connectivity index is 2.15. The molecular formula is C15H17F2NS. The fraction of sp³-hybridized carbons (Fsp3) is 0.333. The molecule has 0 saturated carbocycles. The molecule has 1 aromatic heterocycles. The third-order valence-electron chi connectivity index (χ3n) is 3.06. The number of rotatable bonds is 6. The summed E-state index contributed by atoms with van der Waals surface area (Å²) in [6, 6.07) is 7.78. The van der Waals surface area contributed by atoms with Crippen molar-refractivity contribution in [2.45, 2.75) is 25.8 Å². The van der Waals surface area contributed by atoms with Crippen LogP contribution in [-0.4, -0.2) is 6.54 Å². The molecule has 102 valence electrons. The Morgan fingerprint density at radius 3 is 2.47 bits per heavy atom. The number of thiophene rings is 1. The molecule has 1 heterocycles. The second-order valence-corrected chi connectivity index (χ2v) is 5.40. The monoisotopic (exact) mass is 281 g/mol. The van der Waals surface area contributed by atoms with Crippen molar-refractivity contribution < 1.29 is 8.78 Å². The largest absolute Gasteiger partial charge is 0.310 e. The van der Waals surface area contributed by atoms with Crippen molar-refractivity contribution in [1.29, 1.82) is 0 Å². The van der Waals surface area contributed by atoms with Crippen molar-refractivity contribution in [3.63, 3.8) is 0 Å². The van der Waals surface area contributed by atoms with Gasteiger partial charge >= 0.3 is 0 Å². The molecule has 1 nitrogen and oxygen atoms in total. The average molecular weight is 281 g/mol. The number of benzene rings is 1. The molecule has 2 rings (SSSR count). The Hall–Kier alpha value is -1.26. The van der Waals surface area contributed by atoms with Gasteiger partial charge in [-0.1, -0.05) is 19.1 Å². The van der Waals surface area contributed by atoms with Gasteiger partial charge in [0.05, 0.1) is 0 Å². The second-order valence-electron chi connectivity index (χ2n) is 4.36. The molecular weight excluding hydrogens is 264 g/mol. The summed E-state index contributed by atoms with van der Waals surface area (Å²) in [6.45, 7) is 2.62. The van der Waals surface area contributed by atoms with E-state index in [1.54, 1.807) is 11.3 Å². The van der Waals surface area contributed by atoms with E-state index >= 15 is 0 Å². The molecule has 0 bridgehead atoms. The minimum absolute atomic E-state index is 0.154. The molecule has 0 aliphatic rings. The third-order valence-corrected chi connectivity index (χ3v) is 3.99. The van der Waals surface area contributed by atoms with Gasteiger partial charge in [-0.2, -0.15) is 0 Å². The highest BCUT2D eigenvalue weighted by Gasteiger charge is 2.19. The minimum Gasteiger partial charge on any atom is -0.310 e. The molecule has 1 N–H and O–H groups in total. The summed E-state index contributed by atoms with van der Waals surface area (Å²) in [6.07, 6.45) is 1.51. The molecule has 2 aromatic rings. The van der Waals surface area contributed by atoms with Gasteiger partial charge in [-0.05, 0) is 43.0 Å². The summed E-state index contributed by atoms with van der Waals surface area (Å²) in [7, 11) is 0. The number of hydrogen-bond acceptors (Lipinski definition) is 2. The van der Waals surface area contributed by atoms with Gasteiger partial charge < -0.3 is 5.32 Å². The normalized spacial score (nSPS) is 12.6. The highest BCUT2D eigenvalue weighted by atomic mass is 32.1. The lowest BCUT2D eigenvalue weighted by Crippen LogP contribution is -2.23. The van der Waals surface area contributed by atoms with Gasteiger partial charge in [0.1, 0.15) is 11.6 Å². The van der Waals surface area contributed by atoms with Crippen LogP contribution in [0, 0.1) is 11.6 Å². The lowest BCUT2D eigenvalue weighted by atomic mass is 10.00. The Morgan fingerprint density at radius 1 is 1.16 bits per heavy atom. The predicted octanol–water partition coefficient (Wildman–Crippen LogP) is 4.31. The van der Waals surface area contributed by atoms with Crippen molar-refractivity contribution in [3.8, 4) is 0 Å². The topological polar surface area (TPSA) is 12.0 Å². The van der Waals surface area contributed by atoms with Gasteiger partial charge in [0.25, 0.3) is 0 Å². The van der Waals surface area contributed by atoms with Crippen LogP contribution in [0.15, 0.2) is 35.7 Å². The predicted molar refractivity (Wildman–Crippen MR) is 75.4 cm³/mol. The van der Waals surface area contributed by atoms with Crippen LogP contribution in [0.3, 0.4) is 0 Å². The summed E-state index contributed by atoms with van der Waals surface area (Å²) in [5, 5.41) is 5.18. The summed E-state index contributed by atoms with van der Waals surface area (Å²) in [4.78, 5) is 1.24. The fourth-order valence-corrected chi connectivity index (χ4v) is 2.90. The van der Waals surface area contributed by atoms with Crippen LogP contribution in [0.5, 0.6) is 0 Å². The molecule has 1 aromatic carbocycles. The smallest absolute Gasteiger partial charge is 0.130 e. The van der Waals surface area contributed by atoms with E-state index in [9.17, 15) is 8.78 Å². The quantitative estimate of drug-likeness (QED) is 0.832. The van der Waals surface area contributed by atoms with Crippen LogP contribution in [0.4, 0.5) is 8.78 Å². The first-order valence-electron chi connectivity index (χ1n) is 6.42. The van der Waals surface area contributed by atoms with Gasteiger partial charge in [-0.3, -0.25) is 0 Å². The maximum Gasteiger partial charge on any atom is 0.130 e. The fourth-order valence-electron chi connectivity index (χ4n) is 2.18. The second kappa shape index (κ2) is 6.78. The zero-order valence-electron chi connectivity index (χ0n) is 10.8. The van der Waals surface area contributed by atoms with Crippen LogP contribution in [0.2, 0.25) is 0 Å². The van der Waals surface area contributed by atoms with Crippen molar-refractivity contribution in [3.05, 3.63) is 57.8 Å². The van der Waals surface area contributed by atoms with E-state index < -0.39 is 11.6 Å². The molecule has 0 radical (unpaired) electrons. The maximum atomic E-state index is 13.8. The highest BCUT2D eigenvalue weighted by molar-refractivity contribution is 7.09. The Labute approximate surface area is 116 Å². The zero-order chi connectivity index (χ0) is 13.7. The minimum atomic E-state index is -0.475. The molecule has 0 saturated heterocycles. The van der Waals surface area contributed by atoms with E-state index in [0.29, 0.717) is 13.0 Å². The van der Waals surface area contributed by atoms with Crippen molar-refractivity contribution in [2.24, 2.45) is 0 Å². The SMILES string of the molecule is CCNC(CCc1cccs1)c1c(F)cccc1F. The van der Waals surface area contributed by atoms with Crippen LogP contribution in [-0.2, 0) is 6.42 Å². The standard InChI is InChI=1S/C15H17F2NS/c1-2-18-14(9-8-11-5-4-10-19-11)15-12(16)6-3-7-13(15)17/h3-7,10,14,18H,2,8-9H2,1H3. The van der Waals surface area contributed by atoms with Crippen molar-refractivity contribution >= 4 is 11.3 Å². The van der Waals surface area contributed by atoms with Crippen LogP contribution in [0.25, 0.3) is 0 Å². The number of aryl methyl sites for hydroxylation is 1. The average Bonchev–Trinajstić information content (AvgIpc) is 2.88. The third kappa shape index (κ3) is 3.61. The van der Waals surface area contributed by atoms with E-state index in [1.165, 1.54) is 23.1 Å². The highest BCUT2D eigenvalue weighted by Crippen LogP contribution is 2.25. The van der Waals surface area contributed by atoms with Gasteiger partial charge in [0.2, 0.25) is 0 Å². The van der Waals surface area contributed by atoms with Gasteiger partial charge in [0, 0.05) is 16.5 Å². The van der Waals surface area contributed by atoms with Crippen molar-refractivity contribution in [2.75, 3.05) is 6.54 Å². The first kappa shape index (κ1) is 14.2. The molecule has 1 atom stereocenters. The van der Waals surface area contributed by atoms with Crippen LogP contribution < -0.4 is 5.32 Å². The number of hydrogen-bond donors (Lipinski definition) is 1. The Morgan fingerprint density at radius 2 is 1.89 bits per heavy atom. The zero-order valence-corrected chi connectivity index (χ0v) is 11.6. The molecule has 0 amide bonds. The summed E-state index contributed by atoms with van der Waals surface area (Å²) >= 11 is 1.67. The van der Waals surface area contributed by atoms with Crippen molar-refractivity contribution in [1.82, 2.24) is 5.32 Å². The van der Waals surface area contributed by atoms with E-state index in [2.05, 4.69) is 5.32 Å². The van der Waals surface area contributed by atoms with Crippen LogP contribution in [0.1, 0.15) is 29.8 Å². The van der Waals surface area contributed by atoms with Gasteiger partial charge in [-0.15, -0.1) is 11.3 Å². The molecule has 4 heteroatoms. The molecule has 0 spiro atoms. The van der Waals surface area contributed by atoms with Gasteiger partial charge in [-0.25, -0.2) is 8.78 Å². The Bertz CT molecular complexity index is 491. The van der Waals surface area contributed by atoms with Crippen LogP contribution >= 0.6 is 11.3 Å². The molecule has 19 heavy (non-hydrogen) atoms. The lowest BCUT2D eigenvalue weighted by molar-refractivity contribution is 0.455. The number of nitrogens with one attached hydrogen (secondary N) is 1. The van der Waals surface area contributed by atoms with E-state index in [4.69, 9.17) is 0 Å². The summed E-state index contributed by atoms with van der Waals surface area (Å²) in [5.74, 6) is -0.950. The number of halogens is 2. The van der Waals surface area contributed by atoms with E-state index in [1.807, 2.05) is 24.4 Å². The first-order valence-corrected chi connectivity index (χ1v) is 7.30. The Kier molecular flexibility index (Phi) is 5.05. The molecule has 0 fully saturated rings. The van der Waals surface area contributed by atoms with Gasteiger partial charge in [0.15, 0.2) is 0 Å². The van der Waals surface area contributed by atoms with E-state index in [0.717, 1.165) is 6.42 Å². The first-order chi connectivity index (χ1) is 9.22. The molecule has 0 aliphatic carbocycles. The summed E-state index contributed by atoms with van der Waals surface area (Å²) in [5.41, 5.74) is 0.154.